The molecule has 3 heteroatoms. The first kappa shape index (κ1) is 17.0. The molecule has 0 radical (unpaired) electrons. The Morgan fingerprint density at radius 2 is 1.95 bits per heavy atom. The number of methoxy groups -OCH3 is 1. The molecule has 3 unspecified atom stereocenters. The lowest BCUT2D eigenvalue weighted by Crippen LogP contribution is -2.32. The molecule has 0 spiro atoms. The SMILES string of the molecule is CCCCC(CC)C(O)C(CN)c1ccccc1OC. The van der Waals surface area contributed by atoms with Crippen molar-refractivity contribution < 1.29 is 9.84 Å². The molecular formula is C17H29NO2. The van der Waals surface area contributed by atoms with Gasteiger partial charge in [-0.05, 0) is 18.4 Å². The van der Waals surface area contributed by atoms with Crippen molar-refractivity contribution in [3.8, 4) is 5.75 Å². The molecule has 1 rings (SSSR count). The summed E-state index contributed by atoms with van der Waals surface area (Å²) in [5.41, 5.74) is 6.95. The maximum atomic E-state index is 10.7. The van der Waals surface area contributed by atoms with Crippen LogP contribution < -0.4 is 10.5 Å². The van der Waals surface area contributed by atoms with Gasteiger partial charge in [0.15, 0.2) is 0 Å². The van der Waals surface area contributed by atoms with E-state index >= 15 is 0 Å². The lowest BCUT2D eigenvalue weighted by molar-refractivity contribution is 0.0735. The molecule has 0 aliphatic heterocycles. The Morgan fingerprint density at radius 1 is 1.25 bits per heavy atom. The molecule has 1 aromatic rings. The normalized spacial score (nSPS) is 15.7. The van der Waals surface area contributed by atoms with Crippen molar-refractivity contribution in [2.24, 2.45) is 11.7 Å². The first-order valence-corrected chi connectivity index (χ1v) is 7.70. The van der Waals surface area contributed by atoms with Crippen LogP contribution in [0.25, 0.3) is 0 Å². The first-order valence-electron chi connectivity index (χ1n) is 7.70. The standard InChI is InChI=1S/C17H29NO2/c1-4-6-9-13(5-2)17(19)15(12-18)14-10-7-8-11-16(14)20-3/h7-8,10-11,13,15,17,19H,4-6,9,12,18H2,1-3H3. The van der Waals surface area contributed by atoms with Gasteiger partial charge in [-0.1, -0.05) is 51.3 Å². The average molecular weight is 279 g/mol. The molecule has 0 aliphatic rings. The quantitative estimate of drug-likeness (QED) is 0.729. The van der Waals surface area contributed by atoms with E-state index in [1.807, 2.05) is 24.3 Å². The molecule has 3 N–H and O–H groups in total. The third kappa shape index (κ3) is 4.22. The van der Waals surface area contributed by atoms with E-state index in [0.717, 1.165) is 37.0 Å². The van der Waals surface area contributed by atoms with Crippen molar-refractivity contribution in [2.75, 3.05) is 13.7 Å². The van der Waals surface area contributed by atoms with Crippen LogP contribution in [0.5, 0.6) is 5.75 Å². The summed E-state index contributed by atoms with van der Waals surface area (Å²) in [6.07, 6.45) is 3.93. The second kappa shape index (κ2) is 8.98. The number of hydrogen-bond acceptors (Lipinski definition) is 3. The van der Waals surface area contributed by atoms with Crippen LogP contribution in [-0.2, 0) is 0 Å². The zero-order valence-corrected chi connectivity index (χ0v) is 13.0. The summed E-state index contributed by atoms with van der Waals surface area (Å²) in [5, 5.41) is 10.7. The van der Waals surface area contributed by atoms with Gasteiger partial charge in [0.2, 0.25) is 0 Å². The average Bonchev–Trinajstić information content (AvgIpc) is 2.49. The Morgan fingerprint density at radius 3 is 2.50 bits per heavy atom. The fraction of sp³-hybridized carbons (Fsp3) is 0.647. The minimum Gasteiger partial charge on any atom is -0.496 e. The molecule has 0 saturated heterocycles. The third-order valence-electron chi connectivity index (χ3n) is 4.14. The van der Waals surface area contributed by atoms with Gasteiger partial charge in [0.25, 0.3) is 0 Å². The molecule has 0 saturated carbocycles. The second-order valence-electron chi connectivity index (χ2n) is 5.39. The number of aliphatic hydroxyl groups is 1. The summed E-state index contributed by atoms with van der Waals surface area (Å²) in [4.78, 5) is 0. The predicted molar refractivity (Wildman–Crippen MR) is 84.1 cm³/mol. The van der Waals surface area contributed by atoms with E-state index in [0.29, 0.717) is 12.5 Å². The molecule has 114 valence electrons. The number of hydrogen-bond donors (Lipinski definition) is 2. The molecule has 0 aromatic heterocycles. The lowest BCUT2D eigenvalue weighted by atomic mass is 9.82. The summed E-state index contributed by atoms with van der Waals surface area (Å²) in [6.45, 7) is 4.75. The Labute approximate surface area is 123 Å². The Balaban J connectivity index is 2.92. The van der Waals surface area contributed by atoms with Crippen LogP contribution >= 0.6 is 0 Å². The fourth-order valence-corrected chi connectivity index (χ4v) is 2.83. The van der Waals surface area contributed by atoms with Crippen molar-refractivity contribution in [1.29, 1.82) is 0 Å². The van der Waals surface area contributed by atoms with E-state index in [4.69, 9.17) is 10.5 Å². The van der Waals surface area contributed by atoms with Gasteiger partial charge in [-0.25, -0.2) is 0 Å². The van der Waals surface area contributed by atoms with E-state index in [1.165, 1.54) is 0 Å². The highest BCUT2D eigenvalue weighted by molar-refractivity contribution is 5.37. The fourth-order valence-electron chi connectivity index (χ4n) is 2.83. The summed E-state index contributed by atoms with van der Waals surface area (Å²) in [5.74, 6) is 1.05. The van der Waals surface area contributed by atoms with Crippen LogP contribution in [0.1, 0.15) is 51.0 Å². The Kier molecular flexibility index (Phi) is 7.63. The van der Waals surface area contributed by atoms with Crippen LogP contribution in [0.3, 0.4) is 0 Å². The Bertz CT molecular complexity index is 381. The van der Waals surface area contributed by atoms with Gasteiger partial charge in [0.1, 0.15) is 5.75 Å². The number of rotatable bonds is 9. The third-order valence-corrected chi connectivity index (χ3v) is 4.14. The van der Waals surface area contributed by atoms with E-state index in [2.05, 4.69) is 13.8 Å². The largest absolute Gasteiger partial charge is 0.496 e. The highest BCUT2D eigenvalue weighted by Crippen LogP contribution is 2.33. The number of para-hydroxylation sites is 1. The van der Waals surface area contributed by atoms with Gasteiger partial charge in [-0.15, -0.1) is 0 Å². The summed E-state index contributed by atoms with van der Waals surface area (Å²) >= 11 is 0. The number of aliphatic hydroxyl groups excluding tert-OH is 1. The molecule has 0 amide bonds. The molecular weight excluding hydrogens is 250 g/mol. The number of unbranched alkanes of at least 4 members (excludes halogenated alkanes) is 1. The van der Waals surface area contributed by atoms with Crippen molar-refractivity contribution in [2.45, 2.75) is 51.6 Å². The van der Waals surface area contributed by atoms with E-state index in [9.17, 15) is 5.11 Å². The lowest BCUT2D eigenvalue weighted by Gasteiger charge is -2.29. The molecule has 0 fully saturated rings. The number of benzene rings is 1. The molecule has 1 aromatic carbocycles. The smallest absolute Gasteiger partial charge is 0.122 e. The Hall–Kier alpha value is -1.06. The molecule has 0 aliphatic carbocycles. The van der Waals surface area contributed by atoms with Gasteiger partial charge in [0, 0.05) is 18.0 Å². The van der Waals surface area contributed by atoms with Crippen molar-refractivity contribution in [1.82, 2.24) is 0 Å². The van der Waals surface area contributed by atoms with Gasteiger partial charge < -0.3 is 15.6 Å². The maximum Gasteiger partial charge on any atom is 0.122 e. The van der Waals surface area contributed by atoms with Crippen molar-refractivity contribution in [3.63, 3.8) is 0 Å². The minimum absolute atomic E-state index is 0.0621. The summed E-state index contributed by atoms with van der Waals surface area (Å²) in [6, 6.07) is 7.85. The monoisotopic (exact) mass is 279 g/mol. The van der Waals surface area contributed by atoms with E-state index < -0.39 is 6.10 Å². The van der Waals surface area contributed by atoms with Crippen LogP contribution in [-0.4, -0.2) is 24.9 Å². The van der Waals surface area contributed by atoms with Crippen LogP contribution in [0.2, 0.25) is 0 Å². The number of ether oxygens (including phenoxy) is 1. The van der Waals surface area contributed by atoms with Crippen LogP contribution in [0.15, 0.2) is 24.3 Å². The molecule has 0 heterocycles. The van der Waals surface area contributed by atoms with Crippen LogP contribution in [0.4, 0.5) is 0 Å². The zero-order chi connectivity index (χ0) is 15.0. The van der Waals surface area contributed by atoms with Gasteiger partial charge in [-0.3, -0.25) is 0 Å². The van der Waals surface area contributed by atoms with Crippen molar-refractivity contribution in [3.05, 3.63) is 29.8 Å². The molecule has 20 heavy (non-hydrogen) atoms. The van der Waals surface area contributed by atoms with Crippen molar-refractivity contribution >= 4 is 0 Å². The van der Waals surface area contributed by atoms with E-state index in [1.54, 1.807) is 7.11 Å². The predicted octanol–water partition coefficient (Wildman–Crippen LogP) is 3.31. The maximum absolute atomic E-state index is 10.7. The summed E-state index contributed by atoms with van der Waals surface area (Å²) < 4.78 is 5.41. The number of nitrogens with two attached hydrogens (primary N) is 1. The highest BCUT2D eigenvalue weighted by Gasteiger charge is 2.28. The first-order chi connectivity index (χ1) is 9.69. The highest BCUT2D eigenvalue weighted by atomic mass is 16.5. The van der Waals surface area contributed by atoms with Gasteiger partial charge in [0.05, 0.1) is 13.2 Å². The van der Waals surface area contributed by atoms with Gasteiger partial charge >= 0.3 is 0 Å². The molecule has 3 atom stereocenters. The molecule has 3 nitrogen and oxygen atoms in total. The second-order valence-corrected chi connectivity index (χ2v) is 5.39. The van der Waals surface area contributed by atoms with Crippen LogP contribution in [0, 0.1) is 5.92 Å². The zero-order valence-electron chi connectivity index (χ0n) is 13.0. The minimum atomic E-state index is -0.409. The van der Waals surface area contributed by atoms with E-state index in [-0.39, 0.29) is 5.92 Å². The summed E-state index contributed by atoms with van der Waals surface area (Å²) in [7, 11) is 1.66. The molecule has 0 bridgehead atoms. The van der Waals surface area contributed by atoms with Gasteiger partial charge in [-0.2, -0.15) is 0 Å². The topological polar surface area (TPSA) is 55.5 Å².